The van der Waals surface area contributed by atoms with E-state index >= 15 is 0 Å². The Morgan fingerprint density at radius 3 is 2.67 bits per heavy atom. The normalized spacial score (nSPS) is 11.9. The molecule has 102 valence electrons. The third kappa shape index (κ3) is 5.52. The minimum atomic E-state index is -0.0519. The number of hydrogen-bond donors (Lipinski definition) is 2. The highest BCUT2D eigenvalue weighted by atomic mass is 16.5. The van der Waals surface area contributed by atoms with Crippen LogP contribution in [-0.2, 0) is 6.54 Å². The van der Waals surface area contributed by atoms with Crippen LogP contribution in [0.4, 0.5) is 0 Å². The topological polar surface area (TPSA) is 41.5 Å². The van der Waals surface area contributed by atoms with Crippen LogP contribution in [0.15, 0.2) is 24.3 Å². The van der Waals surface area contributed by atoms with Gasteiger partial charge in [-0.15, -0.1) is 0 Å². The highest BCUT2D eigenvalue weighted by molar-refractivity contribution is 5.28. The SMILES string of the molecule is CC(C)Oc1cccc(CNC(C)(C)CCO)c1. The van der Waals surface area contributed by atoms with E-state index in [0.717, 1.165) is 18.7 Å². The van der Waals surface area contributed by atoms with Crippen molar-refractivity contribution in [2.24, 2.45) is 0 Å². The van der Waals surface area contributed by atoms with Crippen LogP contribution < -0.4 is 10.1 Å². The van der Waals surface area contributed by atoms with Crippen LogP contribution in [-0.4, -0.2) is 23.4 Å². The smallest absolute Gasteiger partial charge is 0.120 e. The molecular formula is C15H25NO2. The van der Waals surface area contributed by atoms with E-state index in [1.54, 1.807) is 0 Å². The molecule has 18 heavy (non-hydrogen) atoms. The highest BCUT2D eigenvalue weighted by Gasteiger charge is 2.15. The fourth-order valence-electron chi connectivity index (χ4n) is 1.71. The minimum absolute atomic E-state index is 0.0519. The molecule has 1 aromatic rings. The Bertz CT molecular complexity index is 361. The summed E-state index contributed by atoms with van der Waals surface area (Å²) < 4.78 is 5.67. The Balaban J connectivity index is 2.57. The zero-order chi connectivity index (χ0) is 13.6. The Hall–Kier alpha value is -1.06. The van der Waals surface area contributed by atoms with Gasteiger partial charge in [-0.05, 0) is 51.8 Å². The van der Waals surface area contributed by atoms with Crippen molar-refractivity contribution in [3.63, 3.8) is 0 Å². The van der Waals surface area contributed by atoms with Crippen LogP contribution in [0.2, 0.25) is 0 Å². The van der Waals surface area contributed by atoms with E-state index in [1.165, 1.54) is 5.56 Å². The number of aliphatic hydroxyl groups is 1. The molecule has 2 N–H and O–H groups in total. The molecule has 0 aliphatic rings. The minimum Gasteiger partial charge on any atom is -0.491 e. The predicted molar refractivity (Wildman–Crippen MR) is 74.8 cm³/mol. The fourth-order valence-corrected chi connectivity index (χ4v) is 1.71. The van der Waals surface area contributed by atoms with E-state index < -0.39 is 0 Å². The molecule has 0 amide bonds. The average Bonchev–Trinajstić information content (AvgIpc) is 2.26. The van der Waals surface area contributed by atoms with Crippen molar-refractivity contribution in [1.29, 1.82) is 0 Å². The molecule has 3 nitrogen and oxygen atoms in total. The molecule has 0 aliphatic heterocycles. The molecule has 0 saturated carbocycles. The van der Waals surface area contributed by atoms with Gasteiger partial charge in [0.1, 0.15) is 5.75 Å². The second kappa shape index (κ2) is 6.76. The monoisotopic (exact) mass is 251 g/mol. The van der Waals surface area contributed by atoms with Crippen molar-refractivity contribution in [2.45, 2.75) is 52.3 Å². The lowest BCUT2D eigenvalue weighted by Crippen LogP contribution is -2.39. The zero-order valence-electron chi connectivity index (χ0n) is 11.9. The first-order chi connectivity index (χ1) is 8.43. The molecule has 0 spiro atoms. The van der Waals surface area contributed by atoms with Crippen molar-refractivity contribution in [1.82, 2.24) is 5.32 Å². The van der Waals surface area contributed by atoms with Crippen LogP contribution >= 0.6 is 0 Å². The fraction of sp³-hybridized carbons (Fsp3) is 0.600. The molecule has 0 unspecified atom stereocenters. The number of nitrogens with one attached hydrogen (secondary N) is 1. The number of benzene rings is 1. The molecule has 0 aliphatic carbocycles. The van der Waals surface area contributed by atoms with Gasteiger partial charge in [0.25, 0.3) is 0 Å². The third-order valence-corrected chi connectivity index (χ3v) is 2.78. The van der Waals surface area contributed by atoms with Crippen molar-refractivity contribution in [3.8, 4) is 5.75 Å². The van der Waals surface area contributed by atoms with Crippen LogP contribution in [0.1, 0.15) is 39.7 Å². The maximum atomic E-state index is 8.98. The Labute approximate surface area is 110 Å². The van der Waals surface area contributed by atoms with Gasteiger partial charge in [-0.3, -0.25) is 0 Å². The van der Waals surface area contributed by atoms with Gasteiger partial charge in [0.2, 0.25) is 0 Å². The first-order valence-corrected chi connectivity index (χ1v) is 6.54. The van der Waals surface area contributed by atoms with Gasteiger partial charge in [0.15, 0.2) is 0 Å². The summed E-state index contributed by atoms with van der Waals surface area (Å²) in [6.07, 6.45) is 0.939. The molecule has 0 fully saturated rings. The Morgan fingerprint density at radius 2 is 2.06 bits per heavy atom. The molecule has 1 aromatic carbocycles. The van der Waals surface area contributed by atoms with E-state index in [0.29, 0.717) is 0 Å². The third-order valence-electron chi connectivity index (χ3n) is 2.78. The highest BCUT2D eigenvalue weighted by Crippen LogP contribution is 2.16. The van der Waals surface area contributed by atoms with E-state index in [1.807, 2.05) is 26.0 Å². The van der Waals surface area contributed by atoms with Crippen LogP contribution in [0, 0.1) is 0 Å². The molecule has 0 heterocycles. The first-order valence-electron chi connectivity index (χ1n) is 6.54. The summed E-state index contributed by atoms with van der Waals surface area (Å²) in [5.74, 6) is 0.907. The molecule has 0 aromatic heterocycles. The van der Waals surface area contributed by atoms with Crippen molar-refractivity contribution in [2.75, 3.05) is 6.61 Å². The molecule has 1 rings (SSSR count). The van der Waals surface area contributed by atoms with Gasteiger partial charge < -0.3 is 15.2 Å². The van der Waals surface area contributed by atoms with Crippen LogP contribution in [0.3, 0.4) is 0 Å². The van der Waals surface area contributed by atoms with Gasteiger partial charge in [-0.2, -0.15) is 0 Å². The number of aliphatic hydroxyl groups excluding tert-OH is 1. The maximum absolute atomic E-state index is 8.98. The predicted octanol–water partition coefficient (Wildman–Crippen LogP) is 2.72. The summed E-state index contributed by atoms with van der Waals surface area (Å²) in [6, 6.07) is 8.12. The summed E-state index contributed by atoms with van der Waals surface area (Å²) >= 11 is 0. The van der Waals surface area contributed by atoms with Crippen LogP contribution in [0.5, 0.6) is 5.75 Å². The Kier molecular flexibility index (Phi) is 5.63. The first kappa shape index (κ1) is 15.0. The molecule has 0 saturated heterocycles. The number of rotatable bonds is 7. The number of hydrogen-bond acceptors (Lipinski definition) is 3. The zero-order valence-corrected chi connectivity index (χ0v) is 11.9. The van der Waals surface area contributed by atoms with Crippen molar-refractivity contribution < 1.29 is 9.84 Å². The van der Waals surface area contributed by atoms with Crippen molar-refractivity contribution in [3.05, 3.63) is 29.8 Å². The van der Waals surface area contributed by atoms with E-state index in [4.69, 9.17) is 9.84 Å². The van der Waals surface area contributed by atoms with Crippen molar-refractivity contribution >= 4 is 0 Å². The lowest BCUT2D eigenvalue weighted by atomic mass is 10.0. The standard InChI is InChI=1S/C15H25NO2/c1-12(2)18-14-7-5-6-13(10-14)11-16-15(3,4)8-9-17/h5-7,10,12,16-17H,8-9,11H2,1-4H3. The lowest BCUT2D eigenvalue weighted by Gasteiger charge is -2.25. The molecule has 0 radical (unpaired) electrons. The maximum Gasteiger partial charge on any atom is 0.120 e. The van der Waals surface area contributed by atoms with Gasteiger partial charge in [-0.1, -0.05) is 12.1 Å². The molecular weight excluding hydrogens is 226 g/mol. The summed E-state index contributed by atoms with van der Waals surface area (Å²) in [6.45, 7) is 9.22. The number of ether oxygens (including phenoxy) is 1. The summed E-state index contributed by atoms with van der Waals surface area (Å²) in [5.41, 5.74) is 1.14. The van der Waals surface area contributed by atoms with Crippen LogP contribution in [0.25, 0.3) is 0 Å². The second-order valence-corrected chi connectivity index (χ2v) is 5.53. The van der Waals surface area contributed by atoms with Gasteiger partial charge in [0, 0.05) is 18.7 Å². The second-order valence-electron chi connectivity index (χ2n) is 5.53. The Morgan fingerprint density at radius 1 is 1.33 bits per heavy atom. The van der Waals surface area contributed by atoms with Gasteiger partial charge in [-0.25, -0.2) is 0 Å². The van der Waals surface area contributed by atoms with Gasteiger partial charge >= 0.3 is 0 Å². The molecule has 3 heteroatoms. The lowest BCUT2D eigenvalue weighted by molar-refractivity contribution is 0.229. The van der Waals surface area contributed by atoms with Gasteiger partial charge in [0.05, 0.1) is 6.10 Å². The summed E-state index contributed by atoms with van der Waals surface area (Å²) in [7, 11) is 0. The summed E-state index contributed by atoms with van der Waals surface area (Å²) in [4.78, 5) is 0. The quantitative estimate of drug-likeness (QED) is 0.783. The summed E-state index contributed by atoms with van der Waals surface area (Å²) in [5, 5.41) is 12.4. The van der Waals surface area contributed by atoms with E-state index in [-0.39, 0.29) is 18.2 Å². The van der Waals surface area contributed by atoms with E-state index in [9.17, 15) is 0 Å². The molecule has 0 atom stereocenters. The molecule has 0 bridgehead atoms. The largest absolute Gasteiger partial charge is 0.491 e. The average molecular weight is 251 g/mol. The van der Waals surface area contributed by atoms with E-state index in [2.05, 4.69) is 31.3 Å².